The first-order valence-electron chi connectivity index (χ1n) is 10.4. The monoisotopic (exact) mass is 603 g/mol. The molecule has 0 amide bonds. The van der Waals surface area contributed by atoms with Gasteiger partial charge in [0.25, 0.3) is 0 Å². The number of fused-ring (bicyclic) bond motifs is 1. The average molecular weight is 605 g/mol. The Balaban J connectivity index is 1.42. The number of sulfonamides is 1. The summed E-state index contributed by atoms with van der Waals surface area (Å²) in [6.45, 7) is 0.395. The second-order valence-corrected chi connectivity index (χ2v) is 10.5. The average Bonchev–Trinajstić information content (AvgIpc) is 3.19. The zero-order valence-electron chi connectivity index (χ0n) is 18.3. The van der Waals surface area contributed by atoms with Crippen molar-refractivity contribution < 1.29 is 26.3 Å². The molecule has 0 fully saturated rings. The molecule has 0 saturated carbocycles. The highest BCUT2D eigenvalue weighted by Crippen LogP contribution is 2.30. The molecule has 0 bridgehead atoms. The Morgan fingerprint density at radius 1 is 1.08 bits per heavy atom. The van der Waals surface area contributed by atoms with E-state index in [9.17, 15) is 21.6 Å². The van der Waals surface area contributed by atoms with Crippen LogP contribution in [-0.2, 0) is 10.0 Å². The van der Waals surface area contributed by atoms with E-state index in [1.165, 1.54) is 12.1 Å². The van der Waals surface area contributed by atoms with Crippen LogP contribution in [0, 0.1) is 0 Å². The van der Waals surface area contributed by atoms with E-state index >= 15 is 0 Å². The molecule has 4 aromatic rings. The van der Waals surface area contributed by atoms with Gasteiger partial charge in [-0.15, -0.1) is 13.2 Å². The maximum atomic E-state index is 12.5. The SMILES string of the molecule is O=S(=O)(NCCCNc1cc(-c2ccccc2Cl)nc2c(Br)cnn12)c1cccc(OC(F)(F)F)c1. The van der Waals surface area contributed by atoms with E-state index in [0.717, 1.165) is 17.7 Å². The van der Waals surface area contributed by atoms with Crippen molar-refractivity contribution in [2.45, 2.75) is 17.7 Å². The van der Waals surface area contributed by atoms with Crippen molar-refractivity contribution in [1.29, 1.82) is 0 Å². The van der Waals surface area contributed by atoms with E-state index in [1.54, 1.807) is 22.8 Å². The van der Waals surface area contributed by atoms with Crippen molar-refractivity contribution in [3.63, 3.8) is 0 Å². The number of halogens is 5. The van der Waals surface area contributed by atoms with Gasteiger partial charge >= 0.3 is 6.36 Å². The van der Waals surface area contributed by atoms with Crippen molar-refractivity contribution in [1.82, 2.24) is 19.3 Å². The van der Waals surface area contributed by atoms with Gasteiger partial charge in [0.05, 0.1) is 21.3 Å². The Morgan fingerprint density at radius 2 is 1.86 bits per heavy atom. The fourth-order valence-electron chi connectivity index (χ4n) is 3.30. The molecule has 0 unspecified atom stereocenters. The van der Waals surface area contributed by atoms with Crippen molar-refractivity contribution in [3.8, 4) is 17.0 Å². The van der Waals surface area contributed by atoms with Crippen LogP contribution in [0.3, 0.4) is 0 Å². The summed E-state index contributed by atoms with van der Waals surface area (Å²) in [6.07, 6.45) is -2.95. The Morgan fingerprint density at radius 3 is 2.61 bits per heavy atom. The molecule has 14 heteroatoms. The van der Waals surface area contributed by atoms with Crippen LogP contribution in [0.15, 0.2) is 70.2 Å². The van der Waals surface area contributed by atoms with Crippen LogP contribution in [0.4, 0.5) is 19.0 Å². The van der Waals surface area contributed by atoms with Gasteiger partial charge in [-0.05, 0) is 40.5 Å². The van der Waals surface area contributed by atoms with Crippen LogP contribution in [0.5, 0.6) is 5.75 Å². The summed E-state index contributed by atoms with van der Waals surface area (Å²) in [7, 11) is -4.04. The highest BCUT2D eigenvalue weighted by atomic mass is 79.9. The number of hydrogen-bond donors (Lipinski definition) is 2. The largest absolute Gasteiger partial charge is 0.573 e. The second-order valence-electron chi connectivity index (χ2n) is 7.44. The van der Waals surface area contributed by atoms with E-state index in [4.69, 9.17) is 11.6 Å². The number of benzene rings is 2. The molecule has 2 heterocycles. The molecule has 2 N–H and O–H groups in total. The van der Waals surface area contributed by atoms with Crippen molar-refractivity contribution in [3.05, 3.63) is 70.3 Å². The fourth-order valence-corrected chi connectivity index (χ4v) is 4.99. The quantitative estimate of drug-likeness (QED) is 0.245. The number of anilines is 1. The molecule has 0 aliphatic rings. The first-order valence-corrected chi connectivity index (χ1v) is 13.1. The molecule has 4 rings (SSSR count). The highest BCUT2D eigenvalue weighted by molar-refractivity contribution is 9.10. The molecule has 2 aromatic carbocycles. The third-order valence-electron chi connectivity index (χ3n) is 4.88. The van der Waals surface area contributed by atoms with Gasteiger partial charge in [0, 0.05) is 35.8 Å². The van der Waals surface area contributed by atoms with Crippen LogP contribution in [0.1, 0.15) is 6.42 Å². The Bertz CT molecular complexity index is 1500. The predicted molar refractivity (Wildman–Crippen MR) is 133 cm³/mol. The van der Waals surface area contributed by atoms with Gasteiger partial charge < -0.3 is 10.1 Å². The minimum Gasteiger partial charge on any atom is -0.406 e. The summed E-state index contributed by atoms with van der Waals surface area (Å²) >= 11 is 9.76. The molecule has 0 spiro atoms. The molecule has 0 aliphatic carbocycles. The first-order chi connectivity index (χ1) is 17.0. The summed E-state index contributed by atoms with van der Waals surface area (Å²) < 4.78 is 70.7. The predicted octanol–water partition coefficient (Wildman–Crippen LogP) is 5.49. The molecule has 2 aromatic heterocycles. The molecule has 0 aliphatic heterocycles. The van der Waals surface area contributed by atoms with E-state index in [2.05, 4.69) is 40.8 Å². The lowest BCUT2D eigenvalue weighted by Crippen LogP contribution is -2.26. The molecule has 0 radical (unpaired) electrons. The van der Waals surface area contributed by atoms with Crippen molar-refractivity contribution in [2.75, 3.05) is 18.4 Å². The van der Waals surface area contributed by atoms with Gasteiger partial charge in [0.1, 0.15) is 11.6 Å². The van der Waals surface area contributed by atoms with E-state index in [1.807, 2.05) is 18.2 Å². The van der Waals surface area contributed by atoms with Gasteiger partial charge in [-0.3, -0.25) is 0 Å². The van der Waals surface area contributed by atoms with Crippen molar-refractivity contribution >= 4 is 49.0 Å². The minimum absolute atomic E-state index is 0.0358. The maximum Gasteiger partial charge on any atom is 0.573 e. The summed E-state index contributed by atoms with van der Waals surface area (Å²) in [5.41, 5.74) is 1.93. The molecular formula is C22H18BrClF3N5O3S. The Kier molecular flexibility index (Phi) is 7.73. The normalized spacial score (nSPS) is 12.1. The number of aromatic nitrogens is 3. The van der Waals surface area contributed by atoms with Crippen LogP contribution < -0.4 is 14.8 Å². The van der Waals surface area contributed by atoms with Crippen LogP contribution in [-0.4, -0.2) is 42.5 Å². The second kappa shape index (κ2) is 10.6. The number of nitrogens with one attached hydrogen (secondary N) is 2. The Labute approximate surface area is 217 Å². The summed E-state index contributed by atoms with van der Waals surface area (Å²) in [6, 6.07) is 13.3. The van der Waals surface area contributed by atoms with Crippen molar-refractivity contribution in [2.24, 2.45) is 0 Å². The standard InChI is InChI=1S/C22H18BrClF3N5O3S/c23-17-13-29-32-20(12-19(31-21(17)32)16-7-1-2-8-18(16)24)28-9-4-10-30-36(33,34)15-6-3-5-14(11-15)35-22(25,26)27/h1-3,5-8,11-13,28,30H,4,9-10H2. The molecule has 8 nitrogen and oxygen atoms in total. The van der Waals surface area contributed by atoms with Gasteiger partial charge in [0.15, 0.2) is 5.65 Å². The third-order valence-corrected chi connectivity index (χ3v) is 7.23. The number of nitrogens with zero attached hydrogens (tertiary/aromatic N) is 3. The molecule has 36 heavy (non-hydrogen) atoms. The maximum absolute atomic E-state index is 12.5. The lowest BCUT2D eigenvalue weighted by molar-refractivity contribution is -0.274. The summed E-state index contributed by atoms with van der Waals surface area (Å²) in [5.74, 6) is -0.00562. The van der Waals surface area contributed by atoms with Crippen LogP contribution in [0.2, 0.25) is 5.02 Å². The topological polar surface area (TPSA) is 97.6 Å². The van der Waals surface area contributed by atoms with Crippen LogP contribution in [0.25, 0.3) is 16.9 Å². The number of hydrogen-bond acceptors (Lipinski definition) is 6. The summed E-state index contributed by atoms with van der Waals surface area (Å²) in [5, 5.41) is 8.04. The van der Waals surface area contributed by atoms with E-state index in [-0.39, 0.29) is 11.4 Å². The summed E-state index contributed by atoms with van der Waals surface area (Å²) in [4.78, 5) is 4.29. The molecule has 0 atom stereocenters. The Hall–Kier alpha value is -2.87. The van der Waals surface area contributed by atoms with Crippen LogP contribution >= 0.6 is 27.5 Å². The zero-order chi connectivity index (χ0) is 25.9. The highest BCUT2D eigenvalue weighted by Gasteiger charge is 2.31. The smallest absolute Gasteiger partial charge is 0.406 e. The molecule has 190 valence electrons. The van der Waals surface area contributed by atoms with Gasteiger partial charge in [-0.1, -0.05) is 35.9 Å². The third kappa shape index (κ3) is 6.27. The van der Waals surface area contributed by atoms with Gasteiger partial charge in [-0.25, -0.2) is 18.1 Å². The van der Waals surface area contributed by atoms with E-state index in [0.29, 0.717) is 39.6 Å². The van der Waals surface area contributed by atoms with Gasteiger partial charge in [-0.2, -0.15) is 9.61 Å². The first kappa shape index (κ1) is 26.2. The van der Waals surface area contributed by atoms with Gasteiger partial charge in [0.2, 0.25) is 10.0 Å². The fraction of sp³-hybridized carbons (Fsp3) is 0.182. The molecular weight excluding hydrogens is 587 g/mol. The molecule has 0 saturated heterocycles. The lowest BCUT2D eigenvalue weighted by Gasteiger charge is -2.13. The minimum atomic E-state index is -4.92. The van der Waals surface area contributed by atoms with E-state index < -0.39 is 22.1 Å². The lowest BCUT2D eigenvalue weighted by atomic mass is 10.1. The number of ether oxygens (including phenoxy) is 1. The zero-order valence-corrected chi connectivity index (χ0v) is 21.4. The number of rotatable bonds is 9. The number of alkyl halides is 3.